The standard InChI is InChI=1S/C15H16N2O4/c16-9-11-4-1-2-5-12(11)21-10-13(18)17-15(6-3-7-15)8-14(19)20/h1-2,4-5H,3,6-8,10H2,(H,17,18)(H,19,20). The molecule has 2 N–H and O–H groups in total. The van der Waals surface area contributed by atoms with Crippen molar-refractivity contribution in [2.24, 2.45) is 0 Å². The molecule has 21 heavy (non-hydrogen) atoms. The number of nitrogens with zero attached hydrogens (tertiary/aromatic N) is 1. The average Bonchev–Trinajstić information content (AvgIpc) is 2.42. The van der Waals surface area contributed by atoms with Gasteiger partial charge in [0.2, 0.25) is 0 Å². The summed E-state index contributed by atoms with van der Waals surface area (Å²) in [5.41, 5.74) is -0.282. The maximum Gasteiger partial charge on any atom is 0.305 e. The Balaban J connectivity index is 1.90. The zero-order valence-electron chi connectivity index (χ0n) is 11.5. The van der Waals surface area contributed by atoms with Crippen LogP contribution in [0.5, 0.6) is 5.75 Å². The third-order valence-corrected chi connectivity index (χ3v) is 3.57. The van der Waals surface area contributed by atoms with Crippen LogP contribution in [0.25, 0.3) is 0 Å². The van der Waals surface area contributed by atoms with E-state index in [1.807, 2.05) is 6.07 Å². The number of hydrogen-bond acceptors (Lipinski definition) is 4. The van der Waals surface area contributed by atoms with Gasteiger partial charge in [-0.3, -0.25) is 9.59 Å². The van der Waals surface area contributed by atoms with E-state index in [0.717, 1.165) is 6.42 Å². The molecule has 2 rings (SSSR count). The summed E-state index contributed by atoms with van der Waals surface area (Å²) in [6.45, 7) is -0.236. The maximum absolute atomic E-state index is 11.9. The summed E-state index contributed by atoms with van der Waals surface area (Å²) < 4.78 is 5.33. The topological polar surface area (TPSA) is 99.4 Å². The van der Waals surface area contributed by atoms with Crippen LogP contribution in [0.1, 0.15) is 31.2 Å². The van der Waals surface area contributed by atoms with Crippen LogP contribution in [0.2, 0.25) is 0 Å². The van der Waals surface area contributed by atoms with Gasteiger partial charge in [0.25, 0.3) is 5.91 Å². The van der Waals surface area contributed by atoms with Crippen LogP contribution in [-0.4, -0.2) is 29.1 Å². The number of hydrogen-bond donors (Lipinski definition) is 2. The number of aliphatic carboxylic acids is 1. The number of rotatable bonds is 6. The summed E-state index contributed by atoms with van der Waals surface area (Å²) in [6.07, 6.45) is 2.17. The Kier molecular flexibility index (Phi) is 4.43. The number of carboxylic acids is 1. The molecule has 1 aromatic rings. The van der Waals surface area contributed by atoms with E-state index in [4.69, 9.17) is 15.1 Å². The molecule has 0 unspecified atom stereocenters. The molecule has 0 aromatic heterocycles. The van der Waals surface area contributed by atoms with E-state index in [0.29, 0.717) is 24.2 Å². The summed E-state index contributed by atoms with van der Waals surface area (Å²) >= 11 is 0. The van der Waals surface area contributed by atoms with Crippen LogP contribution in [-0.2, 0) is 9.59 Å². The van der Waals surface area contributed by atoms with Gasteiger partial charge in [-0.15, -0.1) is 0 Å². The van der Waals surface area contributed by atoms with Gasteiger partial charge in [0.05, 0.1) is 17.5 Å². The highest BCUT2D eigenvalue weighted by molar-refractivity contribution is 5.80. The fourth-order valence-electron chi connectivity index (χ4n) is 2.40. The third kappa shape index (κ3) is 3.72. The van der Waals surface area contributed by atoms with E-state index in [1.54, 1.807) is 24.3 Å². The number of benzene rings is 1. The number of carbonyl (C=O) groups excluding carboxylic acids is 1. The SMILES string of the molecule is N#Cc1ccccc1OCC(=O)NC1(CC(=O)O)CCC1. The van der Waals surface area contributed by atoms with Gasteiger partial charge in [-0.25, -0.2) is 0 Å². The average molecular weight is 288 g/mol. The van der Waals surface area contributed by atoms with Crippen molar-refractivity contribution in [3.05, 3.63) is 29.8 Å². The first kappa shape index (κ1) is 14.9. The van der Waals surface area contributed by atoms with Crippen molar-refractivity contribution in [3.8, 4) is 11.8 Å². The first-order valence-corrected chi connectivity index (χ1v) is 6.69. The molecular formula is C15H16N2O4. The molecule has 1 aliphatic carbocycles. The second-order valence-electron chi connectivity index (χ2n) is 5.15. The molecule has 110 valence electrons. The molecule has 0 atom stereocenters. The Labute approximate surface area is 122 Å². The minimum Gasteiger partial charge on any atom is -0.482 e. The van der Waals surface area contributed by atoms with Gasteiger partial charge < -0.3 is 15.2 Å². The Morgan fingerprint density at radius 1 is 1.38 bits per heavy atom. The van der Waals surface area contributed by atoms with Crippen LogP contribution in [0, 0.1) is 11.3 Å². The molecule has 1 aliphatic rings. The molecule has 0 spiro atoms. The van der Waals surface area contributed by atoms with Crippen LogP contribution < -0.4 is 10.1 Å². The number of carbonyl (C=O) groups is 2. The van der Waals surface area contributed by atoms with Crippen molar-refractivity contribution >= 4 is 11.9 Å². The van der Waals surface area contributed by atoms with Gasteiger partial charge >= 0.3 is 5.97 Å². The highest BCUT2D eigenvalue weighted by atomic mass is 16.5. The van der Waals surface area contributed by atoms with E-state index in [-0.39, 0.29) is 18.9 Å². The van der Waals surface area contributed by atoms with E-state index < -0.39 is 11.5 Å². The minimum atomic E-state index is -0.925. The Bertz CT molecular complexity index is 588. The van der Waals surface area contributed by atoms with Crippen molar-refractivity contribution in [2.75, 3.05) is 6.61 Å². The first-order valence-electron chi connectivity index (χ1n) is 6.69. The predicted molar refractivity (Wildman–Crippen MR) is 73.6 cm³/mol. The van der Waals surface area contributed by atoms with Crippen LogP contribution in [0.4, 0.5) is 0 Å². The highest BCUT2D eigenvalue weighted by Crippen LogP contribution is 2.34. The second kappa shape index (κ2) is 6.27. The lowest BCUT2D eigenvalue weighted by Gasteiger charge is -2.41. The van der Waals surface area contributed by atoms with E-state index in [2.05, 4.69) is 5.32 Å². The number of carboxylic acid groups (broad SMARTS) is 1. The molecular weight excluding hydrogens is 272 g/mol. The van der Waals surface area contributed by atoms with Crippen molar-refractivity contribution in [1.29, 1.82) is 5.26 Å². The van der Waals surface area contributed by atoms with Crippen molar-refractivity contribution < 1.29 is 19.4 Å². The molecule has 0 bridgehead atoms. The number of para-hydroxylation sites is 1. The first-order chi connectivity index (χ1) is 10.0. The van der Waals surface area contributed by atoms with Gasteiger partial charge in [0.15, 0.2) is 6.61 Å². The fraction of sp³-hybridized carbons (Fsp3) is 0.400. The summed E-state index contributed by atoms with van der Waals surface area (Å²) in [6, 6.07) is 8.62. The number of amides is 1. The molecule has 6 nitrogen and oxygen atoms in total. The van der Waals surface area contributed by atoms with Crippen LogP contribution in [0.15, 0.2) is 24.3 Å². The quantitative estimate of drug-likeness (QED) is 0.825. The molecule has 6 heteroatoms. The Morgan fingerprint density at radius 2 is 2.10 bits per heavy atom. The van der Waals surface area contributed by atoms with Gasteiger partial charge in [0, 0.05) is 0 Å². The predicted octanol–water partition coefficient (Wildman–Crippen LogP) is 1.45. The van der Waals surface area contributed by atoms with E-state index in [1.165, 1.54) is 0 Å². The lowest BCUT2D eigenvalue weighted by atomic mass is 9.74. The Hall–Kier alpha value is -2.55. The van der Waals surface area contributed by atoms with E-state index in [9.17, 15) is 9.59 Å². The fourth-order valence-corrected chi connectivity index (χ4v) is 2.40. The van der Waals surface area contributed by atoms with Gasteiger partial charge in [-0.1, -0.05) is 12.1 Å². The zero-order valence-corrected chi connectivity index (χ0v) is 11.5. The van der Waals surface area contributed by atoms with Crippen molar-refractivity contribution in [1.82, 2.24) is 5.32 Å². The molecule has 0 aliphatic heterocycles. The minimum absolute atomic E-state index is 0.0759. The third-order valence-electron chi connectivity index (χ3n) is 3.57. The Morgan fingerprint density at radius 3 is 2.67 bits per heavy atom. The molecule has 1 aromatic carbocycles. The number of nitriles is 1. The second-order valence-corrected chi connectivity index (χ2v) is 5.15. The molecule has 0 radical (unpaired) electrons. The maximum atomic E-state index is 11.9. The van der Waals surface area contributed by atoms with Crippen LogP contribution in [0.3, 0.4) is 0 Å². The molecule has 1 fully saturated rings. The van der Waals surface area contributed by atoms with Gasteiger partial charge in [0.1, 0.15) is 11.8 Å². The monoisotopic (exact) mass is 288 g/mol. The smallest absolute Gasteiger partial charge is 0.305 e. The highest BCUT2D eigenvalue weighted by Gasteiger charge is 2.40. The lowest BCUT2D eigenvalue weighted by molar-refractivity contribution is -0.140. The summed E-state index contributed by atoms with van der Waals surface area (Å²) in [4.78, 5) is 22.7. The number of ether oxygens (including phenoxy) is 1. The summed E-state index contributed by atoms with van der Waals surface area (Å²) in [5.74, 6) is -0.953. The van der Waals surface area contributed by atoms with Gasteiger partial charge in [-0.05, 0) is 31.4 Å². The summed E-state index contributed by atoms with van der Waals surface area (Å²) in [5, 5.41) is 20.5. The van der Waals surface area contributed by atoms with Gasteiger partial charge in [-0.2, -0.15) is 5.26 Å². The normalized spacial score (nSPS) is 15.4. The molecule has 0 saturated heterocycles. The largest absolute Gasteiger partial charge is 0.482 e. The van der Waals surface area contributed by atoms with Crippen molar-refractivity contribution in [3.63, 3.8) is 0 Å². The molecule has 1 saturated carbocycles. The van der Waals surface area contributed by atoms with Crippen molar-refractivity contribution in [2.45, 2.75) is 31.2 Å². The zero-order chi connectivity index (χ0) is 15.3. The lowest BCUT2D eigenvalue weighted by Crippen LogP contribution is -2.55. The molecule has 0 heterocycles. The number of nitrogens with one attached hydrogen (secondary N) is 1. The van der Waals surface area contributed by atoms with Crippen LogP contribution >= 0.6 is 0 Å². The van der Waals surface area contributed by atoms with E-state index >= 15 is 0 Å². The molecule has 1 amide bonds. The summed E-state index contributed by atoms with van der Waals surface area (Å²) in [7, 11) is 0.